The molecule has 0 spiro atoms. The molecule has 7 heteroatoms. The predicted octanol–water partition coefficient (Wildman–Crippen LogP) is -1.10. The molecule has 0 bridgehead atoms. The first-order chi connectivity index (χ1) is 10.7. The Bertz CT molecular complexity index is 684. The molecule has 2 aromatic rings. The van der Waals surface area contributed by atoms with E-state index in [1.807, 2.05) is 6.07 Å². The van der Waals surface area contributed by atoms with Gasteiger partial charge >= 0.3 is 21.7 Å². The average molecular weight is 448 g/mol. The second kappa shape index (κ2) is 11.8. The molecule has 26 heavy (non-hydrogen) atoms. The Labute approximate surface area is 188 Å². The zero-order chi connectivity index (χ0) is 17.2. The molecule has 0 saturated carbocycles. The molecule has 3 nitrogen and oxygen atoms in total. The minimum absolute atomic E-state index is 0. The number of aryl methyl sites for hydroxylation is 1. The molecule has 0 amide bonds. The average Bonchev–Trinajstić information content (AvgIpc) is 3.01. The van der Waals surface area contributed by atoms with Crippen LogP contribution in [0.3, 0.4) is 0 Å². The molecule has 3 rings (SSSR count). The SMILES string of the molecule is COc1ccc2c3c(n(C)c2c1)C[CH-]C3.C[Si](C)[N-]C(C)(C)C.[Cl-].[Cl-].[Ti+4]. The Balaban J connectivity index is 0. The Kier molecular flexibility index (Phi) is 12.8. The van der Waals surface area contributed by atoms with E-state index >= 15 is 0 Å². The van der Waals surface area contributed by atoms with E-state index in [-0.39, 0.29) is 61.0 Å². The van der Waals surface area contributed by atoms with Crippen molar-refractivity contribution in [2.75, 3.05) is 7.11 Å². The van der Waals surface area contributed by atoms with Crippen LogP contribution in [0.2, 0.25) is 13.1 Å². The van der Waals surface area contributed by atoms with Gasteiger partial charge in [-0.3, -0.25) is 0 Å². The molecule has 1 aliphatic carbocycles. The summed E-state index contributed by atoms with van der Waals surface area (Å²) < 4.78 is 7.55. The van der Waals surface area contributed by atoms with Gasteiger partial charge in [0.1, 0.15) is 5.75 Å². The Morgan fingerprint density at radius 2 is 1.77 bits per heavy atom. The topological polar surface area (TPSA) is 28.3 Å². The summed E-state index contributed by atoms with van der Waals surface area (Å²) in [6.07, 6.45) is 4.55. The summed E-state index contributed by atoms with van der Waals surface area (Å²) in [6, 6.07) is 6.33. The molecular formula is C19H29Cl2N2OSiTi. The number of ether oxygens (including phenoxy) is 1. The van der Waals surface area contributed by atoms with Gasteiger partial charge in [0.05, 0.1) is 12.6 Å². The van der Waals surface area contributed by atoms with Crippen molar-refractivity contribution in [2.24, 2.45) is 7.05 Å². The monoisotopic (exact) mass is 447 g/mol. The first kappa shape index (κ1) is 28.2. The molecule has 0 aliphatic heterocycles. The maximum absolute atomic E-state index is 5.26. The van der Waals surface area contributed by atoms with Crippen molar-refractivity contribution in [1.82, 2.24) is 4.57 Å². The van der Waals surface area contributed by atoms with Crippen LogP contribution in [-0.2, 0) is 41.6 Å². The van der Waals surface area contributed by atoms with Gasteiger partial charge in [0.15, 0.2) is 0 Å². The molecule has 1 radical (unpaired) electrons. The van der Waals surface area contributed by atoms with Crippen LogP contribution in [0.15, 0.2) is 18.2 Å². The van der Waals surface area contributed by atoms with Gasteiger partial charge in [0.25, 0.3) is 0 Å². The Morgan fingerprint density at radius 1 is 1.15 bits per heavy atom. The van der Waals surface area contributed by atoms with Crippen molar-refractivity contribution in [3.8, 4) is 5.75 Å². The van der Waals surface area contributed by atoms with Crippen LogP contribution < -0.4 is 29.6 Å². The number of methoxy groups -OCH3 is 1. The minimum atomic E-state index is -0.367. The molecular weight excluding hydrogens is 419 g/mol. The van der Waals surface area contributed by atoms with Crippen LogP contribution in [0.5, 0.6) is 5.75 Å². The number of fused-ring (bicyclic) bond motifs is 3. The van der Waals surface area contributed by atoms with Crippen LogP contribution in [0.25, 0.3) is 15.9 Å². The molecule has 143 valence electrons. The summed E-state index contributed by atoms with van der Waals surface area (Å²) in [6.45, 7) is 10.8. The van der Waals surface area contributed by atoms with Gasteiger partial charge in [-0.25, -0.2) is 0 Å². The normalized spacial score (nSPS) is 12.3. The maximum Gasteiger partial charge on any atom is 4.00 e. The maximum atomic E-state index is 5.26. The summed E-state index contributed by atoms with van der Waals surface area (Å²) in [5.41, 5.74) is 4.43. The largest absolute Gasteiger partial charge is 4.00 e. The van der Waals surface area contributed by atoms with Gasteiger partial charge in [-0.15, -0.1) is 12.0 Å². The van der Waals surface area contributed by atoms with Crippen molar-refractivity contribution in [3.63, 3.8) is 0 Å². The number of halogens is 2. The Hall–Kier alpha value is 0.0312. The molecule has 1 heterocycles. The quantitative estimate of drug-likeness (QED) is 0.424. The van der Waals surface area contributed by atoms with E-state index < -0.39 is 0 Å². The predicted molar refractivity (Wildman–Crippen MR) is 102 cm³/mol. The fourth-order valence-electron chi connectivity index (χ4n) is 3.19. The first-order valence-corrected chi connectivity index (χ1v) is 10.7. The van der Waals surface area contributed by atoms with E-state index in [2.05, 4.69) is 69.0 Å². The zero-order valence-corrected chi connectivity index (χ0v) is 20.9. The molecule has 0 N–H and O–H groups in total. The van der Waals surface area contributed by atoms with E-state index in [1.54, 1.807) is 7.11 Å². The first-order valence-electron chi connectivity index (χ1n) is 8.22. The summed E-state index contributed by atoms with van der Waals surface area (Å²) in [5.74, 6) is 0.936. The number of rotatable bonds is 2. The third kappa shape index (κ3) is 7.22. The van der Waals surface area contributed by atoms with Crippen LogP contribution in [0.1, 0.15) is 32.0 Å². The van der Waals surface area contributed by atoms with Crippen molar-refractivity contribution in [2.45, 2.75) is 52.2 Å². The van der Waals surface area contributed by atoms with Crippen molar-refractivity contribution >= 4 is 19.9 Å². The summed E-state index contributed by atoms with van der Waals surface area (Å²) >= 11 is 0. The third-order valence-electron chi connectivity index (χ3n) is 3.89. The van der Waals surface area contributed by atoms with Gasteiger partial charge < -0.3 is 45.5 Å². The summed E-state index contributed by atoms with van der Waals surface area (Å²) in [4.78, 5) is 4.51. The van der Waals surface area contributed by atoms with Gasteiger partial charge in [-0.05, 0) is 17.8 Å². The van der Waals surface area contributed by atoms with E-state index in [0.717, 1.165) is 18.6 Å². The molecule has 0 saturated heterocycles. The van der Waals surface area contributed by atoms with E-state index in [0.29, 0.717) is 0 Å². The molecule has 0 atom stereocenters. The molecule has 1 aromatic heterocycles. The Morgan fingerprint density at radius 3 is 2.23 bits per heavy atom. The molecule has 0 fully saturated rings. The van der Waals surface area contributed by atoms with E-state index in [9.17, 15) is 0 Å². The van der Waals surface area contributed by atoms with Gasteiger partial charge in [0.2, 0.25) is 0 Å². The molecule has 0 unspecified atom stereocenters. The summed E-state index contributed by atoms with van der Waals surface area (Å²) in [5, 5.41) is 1.38. The van der Waals surface area contributed by atoms with Crippen molar-refractivity contribution in [1.29, 1.82) is 0 Å². The number of nitrogens with zero attached hydrogens (tertiary/aromatic N) is 2. The number of hydrogen-bond acceptors (Lipinski definition) is 1. The van der Waals surface area contributed by atoms with Crippen LogP contribution in [0.4, 0.5) is 0 Å². The smallest absolute Gasteiger partial charge is 1.00 e. The summed E-state index contributed by atoms with van der Waals surface area (Å²) in [7, 11) is 3.49. The van der Waals surface area contributed by atoms with Crippen LogP contribution in [-0.4, -0.2) is 26.2 Å². The number of benzene rings is 1. The fourth-order valence-corrected chi connectivity index (χ4v) is 4.53. The fraction of sp³-hybridized carbons (Fsp3) is 0.526. The van der Waals surface area contributed by atoms with E-state index in [4.69, 9.17) is 4.74 Å². The second-order valence-electron chi connectivity index (χ2n) is 7.29. The zero-order valence-electron chi connectivity index (χ0n) is 16.8. The standard InChI is InChI=1S/C13H14NO.C6H15NSi.2ClH.Ti/c1-14-12-5-3-4-10(12)11-7-6-9(15-2)8-13(11)14;1-6(2,3)7-8(4)5;;;/h3,6-8H,4-5H2,1-2H3;1-5H3;2*1H;/q2*-1;;;+4/p-2. The molecule has 1 aliphatic rings. The van der Waals surface area contributed by atoms with Crippen molar-refractivity contribution in [3.05, 3.63) is 40.9 Å². The van der Waals surface area contributed by atoms with Gasteiger partial charge in [-0.1, -0.05) is 48.4 Å². The third-order valence-corrected chi connectivity index (χ3v) is 5.01. The van der Waals surface area contributed by atoms with Crippen LogP contribution >= 0.6 is 0 Å². The van der Waals surface area contributed by atoms with Crippen LogP contribution in [0, 0.1) is 6.42 Å². The van der Waals surface area contributed by atoms with Crippen molar-refractivity contribution < 1.29 is 51.3 Å². The van der Waals surface area contributed by atoms with E-state index in [1.165, 1.54) is 22.2 Å². The molecule has 1 aromatic carbocycles. The minimum Gasteiger partial charge on any atom is -1.00 e. The number of aromatic nitrogens is 1. The van der Waals surface area contributed by atoms with Gasteiger partial charge in [-0.2, -0.15) is 6.42 Å². The van der Waals surface area contributed by atoms with Gasteiger partial charge in [0, 0.05) is 18.5 Å². The number of hydrogen-bond donors (Lipinski definition) is 0. The second-order valence-corrected chi connectivity index (χ2v) is 9.41.